The predicted octanol–water partition coefficient (Wildman–Crippen LogP) is 1.67. The molecule has 0 heterocycles. The Bertz CT molecular complexity index is 914. The Labute approximate surface area is 143 Å². The molecular formula is C15H14N2O7S. The number of hydrogen-bond donors (Lipinski definition) is 1. The van der Waals surface area contributed by atoms with Crippen molar-refractivity contribution < 1.29 is 28.0 Å². The third-order valence-corrected chi connectivity index (χ3v) is 4.65. The van der Waals surface area contributed by atoms with Crippen LogP contribution < -0.4 is 0 Å². The van der Waals surface area contributed by atoms with Crippen LogP contribution in [0.1, 0.15) is 24.8 Å². The normalized spacial score (nSPS) is 17.2. The summed E-state index contributed by atoms with van der Waals surface area (Å²) in [6.45, 7) is 7.17. The molecule has 25 heavy (non-hydrogen) atoms. The first-order chi connectivity index (χ1) is 11.6. The number of ketones is 1. The van der Waals surface area contributed by atoms with Crippen LogP contribution in [0.3, 0.4) is 0 Å². The SMILES string of the molecule is [C-]#[N+]C(O)(OC1=CC(=O)CCC1)c1ccc(S(C)(=O)=O)cc1[N+](=O)[O-]. The van der Waals surface area contributed by atoms with Crippen LogP contribution in [0.4, 0.5) is 5.69 Å². The van der Waals surface area contributed by atoms with E-state index in [1.54, 1.807) is 0 Å². The lowest BCUT2D eigenvalue weighted by molar-refractivity contribution is -0.388. The van der Waals surface area contributed by atoms with Crippen molar-refractivity contribution in [2.75, 3.05) is 6.26 Å². The van der Waals surface area contributed by atoms with Crippen molar-refractivity contribution in [3.63, 3.8) is 0 Å². The summed E-state index contributed by atoms with van der Waals surface area (Å²) in [4.78, 5) is 24.4. The molecule has 1 N–H and O–H groups in total. The second-order valence-corrected chi connectivity index (χ2v) is 7.48. The molecule has 1 aliphatic carbocycles. The summed E-state index contributed by atoms with van der Waals surface area (Å²) in [6, 6.07) is 2.75. The van der Waals surface area contributed by atoms with E-state index in [4.69, 9.17) is 11.3 Å². The van der Waals surface area contributed by atoms with Gasteiger partial charge in [0.25, 0.3) is 5.69 Å². The quantitative estimate of drug-likeness (QED) is 0.363. The summed E-state index contributed by atoms with van der Waals surface area (Å²) < 4.78 is 28.3. The fraction of sp³-hybridized carbons (Fsp3) is 0.333. The van der Waals surface area contributed by atoms with E-state index < -0.39 is 31.9 Å². The topological polar surface area (TPSA) is 128 Å². The lowest BCUT2D eigenvalue weighted by Crippen LogP contribution is -2.27. The number of sulfone groups is 1. The number of carbonyl (C=O) groups excluding carboxylic acids is 1. The van der Waals surface area contributed by atoms with E-state index in [-0.39, 0.29) is 16.4 Å². The molecule has 1 atom stereocenters. The van der Waals surface area contributed by atoms with Gasteiger partial charge < -0.3 is 4.74 Å². The van der Waals surface area contributed by atoms with Crippen molar-refractivity contribution in [2.45, 2.75) is 30.1 Å². The van der Waals surface area contributed by atoms with E-state index in [2.05, 4.69) is 4.85 Å². The molecule has 0 amide bonds. The van der Waals surface area contributed by atoms with E-state index in [1.165, 1.54) is 0 Å². The van der Waals surface area contributed by atoms with Gasteiger partial charge in [-0.05, 0) is 18.6 Å². The molecule has 0 spiro atoms. The number of ether oxygens (including phenoxy) is 1. The first-order valence-corrected chi connectivity index (χ1v) is 8.98. The number of aliphatic hydroxyl groups is 1. The third kappa shape index (κ3) is 4.01. The number of nitrogens with zero attached hydrogens (tertiary/aromatic N) is 2. The maximum atomic E-state index is 11.6. The fourth-order valence-electron chi connectivity index (χ4n) is 2.33. The molecule has 0 bridgehead atoms. The number of nitro groups is 1. The first kappa shape index (κ1) is 18.6. The second-order valence-electron chi connectivity index (χ2n) is 5.46. The molecule has 9 nitrogen and oxygen atoms in total. The zero-order chi connectivity index (χ0) is 18.8. The molecule has 1 unspecified atom stereocenters. The summed E-state index contributed by atoms with van der Waals surface area (Å²) in [5.41, 5.74) is -1.29. The monoisotopic (exact) mass is 366 g/mol. The van der Waals surface area contributed by atoms with Crippen molar-refractivity contribution in [1.29, 1.82) is 0 Å². The standard InChI is InChI=1S/C15H14N2O7S/c1-16-15(19,24-11-5-3-4-10(18)8-11)13-7-6-12(25(2,22)23)9-14(13)17(20)21/h6-9,19H,3-5H2,2H3. The summed E-state index contributed by atoms with van der Waals surface area (Å²) in [6.07, 6.45) is 3.08. The van der Waals surface area contributed by atoms with Gasteiger partial charge >= 0.3 is 5.91 Å². The van der Waals surface area contributed by atoms with Crippen molar-refractivity contribution in [2.24, 2.45) is 0 Å². The Hall–Kier alpha value is -2.77. The van der Waals surface area contributed by atoms with Crippen LogP contribution in [0.2, 0.25) is 0 Å². The predicted molar refractivity (Wildman–Crippen MR) is 84.7 cm³/mol. The largest absolute Gasteiger partial charge is 0.534 e. The minimum Gasteiger partial charge on any atom is -0.399 e. The highest BCUT2D eigenvalue weighted by molar-refractivity contribution is 7.90. The molecule has 132 valence electrons. The summed E-state index contributed by atoms with van der Waals surface area (Å²) in [5.74, 6) is -2.95. The molecule has 1 aromatic rings. The van der Waals surface area contributed by atoms with Gasteiger partial charge in [0.1, 0.15) is 5.76 Å². The zero-order valence-electron chi connectivity index (χ0n) is 13.1. The molecular weight excluding hydrogens is 352 g/mol. The average Bonchev–Trinajstić information content (AvgIpc) is 2.53. The maximum Gasteiger partial charge on any atom is 0.534 e. The van der Waals surface area contributed by atoms with Crippen LogP contribution in [-0.4, -0.2) is 30.5 Å². The van der Waals surface area contributed by atoms with E-state index in [0.29, 0.717) is 19.3 Å². The lowest BCUT2D eigenvalue weighted by Gasteiger charge is -2.20. The number of carbonyl (C=O) groups is 1. The number of rotatable bonds is 5. The van der Waals surface area contributed by atoms with Gasteiger partial charge in [-0.25, -0.2) is 19.8 Å². The minimum atomic E-state index is -3.72. The Balaban J connectivity index is 2.54. The van der Waals surface area contributed by atoms with Crippen molar-refractivity contribution >= 4 is 21.3 Å². The third-order valence-electron chi connectivity index (χ3n) is 3.54. The van der Waals surface area contributed by atoms with E-state index in [0.717, 1.165) is 30.5 Å². The zero-order valence-corrected chi connectivity index (χ0v) is 13.9. The molecule has 1 aromatic carbocycles. The highest BCUT2D eigenvalue weighted by atomic mass is 32.2. The summed E-state index contributed by atoms with van der Waals surface area (Å²) >= 11 is 0. The van der Waals surface area contributed by atoms with E-state index >= 15 is 0 Å². The average molecular weight is 366 g/mol. The van der Waals surface area contributed by atoms with Crippen molar-refractivity contribution in [1.82, 2.24) is 0 Å². The van der Waals surface area contributed by atoms with Crippen LogP contribution in [0.15, 0.2) is 34.9 Å². The molecule has 0 fully saturated rings. The Kier molecular flexibility index (Phi) is 4.92. The smallest absolute Gasteiger partial charge is 0.399 e. The first-order valence-electron chi connectivity index (χ1n) is 7.09. The number of allylic oxidation sites excluding steroid dienone is 2. The molecule has 0 saturated carbocycles. The van der Waals surface area contributed by atoms with Gasteiger partial charge in [0, 0.05) is 31.2 Å². The van der Waals surface area contributed by atoms with Gasteiger partial charge in [0.05, 0.1) is 9.82 Å². The van der Waals surface area contributed by atoms with Crippen LogP contribution in [0.25, 0.3) is 4.85 Å². The van der Waals surface area contributed by atoms with Gasteiger partial charge in [-0.3, -0.25) is 20.0 Å². The highest BCUT2D eigenvalue weighted by Gasteiger charge is 2.47. The number of nitro benzene ring substituents is 1. The second kappa shape index (κ2) is 6.62. The summed E-state index contributed by atoms with van der Waals surface area (Å²) in [5, 5.41) is 21.8. The molecule has 0 radical (unpaired) electrons. The molecule has 0 aliphatic heterocycles. The van der Waals surface area contributed by atoms with Crippen molar-refractivity contribution in [3.8, 4) is 0 Å². The highest BCUT2D eigenvalue weighted by Crippen LogP contribution is 2.37. The van der Waals surface area contributed by atoms with E-state index in [9.17, 15) is 28.4 Å². The maximum absolute atomic E-state index is 11.6. The van der Waals surface area contributed by atoms with Crippen LogP contribution in [-0.2, 0) is 25.3 Å². The van der Waals surface area contributed by atoms with Gasteiger partial charge in [0.15, 0.2) is 21.2 Å². The van der Waals surface area contributed by atoms with Gasteiger partial charge in [0.2, 0.25) is 0 Å². The van der Waals surface area contributed by atoms with Crippen LogP contribution in [0.5, 0.6) is 0 Å². The van der Waals surface area contributed by atoms with E-state index in [1.807, 2.05) is 0 Å². The Morgan fingerprint density at radius 1 is 1.40 bits per heavy atom. The molecule has 2 rings (SSSR count). The van der Waals surface area contributed by atoms with Gasteiger partial charge in [-0.15, -0.1) is 0 Å². The molecule has 0 aromatic heterocycles. The lowest BCUT2D eigenvalue weighted by atomic mass is 10.0. The molecule has 1 aliphatic rings. The molecule has 0 saturated heterocycles. The summed E-state index contributed by atoms with van der Waals surface area (Å²) in [7, 11) is -3.72. The molecule has 10 heteroatoms. The Morgan fingerprint density at radius 2 is 2.08 bits per heavy atom. The van der Waals surface area contributed by atoms with Crippen LogP contribution in [0, 0.1) is 16.7 Å². The fourth-order valence-corrected chi connectivity index (χ4v) is 2.97. The van der Waals surface area contributed by atoms with Crippen molar-refractivity contribution in [3.05, 3.63) is 57.1 Å². The van der Waals surface area contributed by atoms with Gasteiger partial charge in [-0.2, -0.15) is 0 Å². The minimum absolute atomic E-state index is 0.0382. The van der Waals surface area contributed by atoms with Gasteiger partial charge in [-0.1, -0.05) is 0 Å². The van der Waals surface area contributed by atoms with Crippen LogP contribution >= 0.6 is 0 Å². The Morgan fingerprint density at radius 3 is 2.60 bits per heavy atom. The number of hydrogen-bond acceptors (Lipinski definition) is 7. The number of benzene rings is 1.